The van der Waals surface area contributed by atoms with E-state index in [2.05, 4.69) is 19.2 Å². The van der Waals surface area contributed by atoms with Crippen molar-refractivity contribution in [2.45, 2.75) is 13.8 Å². The Balaban J connectivity index is 3.04. The highest BCUT2D eigenvalue weighted by Gasteiger charge is 2.09. The Bertz CT molecular complexity index is 409. The quantitative estimate of drug-likeness (QED) is 0.708. The molecule has 0 atom stereocenters. The number of nitrogens with two attached hydrogens (primary N) is 2. The molecular weight excluding hydrogens is 218 g/mol. The summed E-state index contributed by atoms with van der Waals surface area (Å²) in [7, 11) is 0. The maximum Gasteiger partial charge on any atom is 0.248 e. The predicted octanol–water partition coefficient (Wildman–Crippen LogP) is 0.952. The summed E-state index contributed by atoms with van der Waals surface area (Å²) in [6.45, 7) is 4.85. The molecule has 5 nitrogen and oxygen atoms in total. The lowest BCUT2D eigenvalue weighted by Gasteiger charge is -2.11. The van der Waals surface area contributed by atoms with Gasteiger partial charge in [-0.05, 0) is 24.1 Å². The maximum absolute atomic E-state index is 11.1. The normalized spacial score (nSPS) is 10.3. The Morgan fingerprint density at radius 1 is 1.12 bits per heavy atom. The highest BCUT2D eigenvalue weighted by molar-refractivity contribution is 5.99. The van der Waals surface area contributed by atoms with Gasteiger partial charge in [0.25, 0.3) is 0 Å². The fourth-order valence-electron chi connectivity index (χ4n) is 1.34. The minimum Gasteiger partial charge on any atom is -0.385 e. The minimum atomic E-state index is -0.583. The van der Waals surface area contributed by atoms with Crippen LogP contribution in [0.3, 0.4) is 0 Å². The van der Waals surface area contributed by atoms with Crippen LogP contribution in [0.1, 0.15) is 34.6 Å². The Hall–Kier alpha value is -2.04. The first-order valence-corrected chi connectivity index (χ1v) is 5.38. The monoisotopic (exact) mass is 235 g/mol. The van der Waals surface area contributed by atoms with Crippen LogP contribution in [0, 0.1) is 5.92 Å². The molecule has 0 aliphatic rings. The summed E-state index contributed by atoms with van der Waals surface area (Å²) < 4.78 is 0. The maximum atomic E-state index is 11.1. The van der Waals surface area contributed by atoms with E-state index in [1.54, 1.807) is 12.1 Å². The second-order valence-corrected chi connectivity index (χ2v) is 4.30. The Morgan fingerprint density at radius 2 is 1.59 bits per heavy atom. The van der Waals surface area contributed by atoms with E-state index in [1.807, 2.05) is 0 Å². The lowest BCUT2D eigenvalue weighted by atomic mass is 10.1. The summed E-state index contributed by atoms with van der Waals surface area (Å²) in [5.41, 5.74) is 11.6. The molecule has 0 saturated heterocycles. The molecular formula is C12H17N3O2. The van der Waals surface area contributed by atoms with Crippen molar-refractivity contribution < 1.29 is 9.59 Å². The molecule has 0 aliphatic carbocycles. The minimum absolute atomic E-state index is 0.271. The molecule has 1 aromatic carbocycles. The van der Waals surface area contributed by atoms with Gasteiger partial charge in [0.05, 0.1) is 0 Å². The molecule has 0 saturated carbocycles. The summed E-state index contributed by atoms with van der Waals surface area (Å²) in [5.74, 6) is -0.717. The van der Waals surface area contributed by atoms with Gasteiger partial charge in [0, 0.05) is 23.4 Å². The number of hydrogen-bond acceptors (Lipinski definition) is 3. The van der Waals surface area contributed by atoms with Crippen LogP contribution in [-0.4, -0.2) is 18.4 Å². The molecule has 0 fully saturated rings. The van der Waals surface area contributed by atoms with E-state index in [4.69, 9.17) is 11.5 Å². The number of rotatable bonds is 5. The standard InChI is InChI=1S/C12H17N3O2/c1-7(2)6-15-10-4-8(11(13)16)3-9(5-10)12(14)17/h3-5,7,15H,6H2,1-2H3,(H2,13,16)(H2,14,17). The van der Waals surface area contributed by atoms with Gasteiger partial charge in [-0.25, -0.2) is 0 Å². The molecule has 0 unspecified atom stereocenters. The number of nitrogens with one attached hydrogen (secondary N) is 1. The van der Waals surface area contributed by atoms with Crippen LogP contribution < -0.4 is 16.8 Å². The van der Waals surface area contributed by atoms with Crippen molar-refractivity contribution in [2.24, 2.45) is 17.4 Å². The average Bonchev–Trinajstić information content (AvgIpc) is 2.25. The second kappa shape index (κ2) is 5.34. The molecule has 0 radical (unpaired) electrons. The van der Waals surface area contributed by atoms with Crippen molar-refractivity contribution in [3.05, 3.63) is 29.3 Å². The van der Waals surface area contributed by atoms with Crippen molar-refractivity contribution in [3.8, 4) is 0 Å². The Labute approximate surface area is 100 Å². The summed E-state index contributed by atoms with van der Waals surface area (Å²) in [6, 6.07) is 4.61. The molecule has 1 aromatic rings. The van der Waals surface area contributed by atoms with Crippen LogP contribution in [-0.2, 0) is 0 Å². The van der Waals surface area contributed by atoms with Gasteiger partial charge in [-0.2, -0.15) is 0 Å². The molecule has 0 aliphatic heterocycles. The molecule has 17 heavy (non-hydrogen) atoms. The zero-order valence-corrected chi connectivity index (χ0v) is 9.99. The van der Waals surface area contributed by atoms with Crippen molar-refractivity contribution >= 4 is 17.5 Å². The molecule has 0 bridgehead atoms. The number of carbonyl (C=O) groups excluding carboxylic acids is 2. The fourth-order valence-corrected chi connectivity index (χ4v) is 1.34. The first kappa shape index (κ1) is 13.0. The smallest absolute Gasteiger partial charge is 0.248 e. The van der Waals surface area contributed by atoms with Crippen molar-refractivity contribution in [2.75, 3.05) is 11.9 Å². The number of hydrogen-bond donors (Lipinski definition) is 3. The molecule has 0 heterocycles. The van der Waals surface area contributed by atoms with E-state index in [0.29, 0.717) is 11.6 Å². The number of benzene rings is 1. The van der Waals surface area contributed by atoms with E-state index >= 15 is 0 Å². The first-order chi connectivity index (χ1) is 7.90. The largest absolute Gasteiger partial charge is 0.385 e. The van der Waals surface area contributed by atoms with Gasteiger partial charge in [-0.3, -0.25) is 9.59 Å². The Kier molecular flexibility index (Phi) is 4.09. The van der Waals surface area contributed by atoms with Crippen LogP contribution in [0.2, 0.25) is 0 Å². The topological polar surface area (TPSA) is 98.2 Å². The molecule has 2 amide bonds. The molecule has 1 rings (SSSR count). The van der Waals surface area contributed by atoms with Crippen molar-refractivity contribution in [1.29, 1.82) is 0 Å². The zero-order valence-electron chi connectivity index (χ0n) is 9.99. The van der Waals surface area contributed by atoms with Crippen LogP contribution in [0.4, 0.5) is 5.69 Å². The van der Waals surface area contributed by atoms with Gasteiger partial charge in [0.15, 0.2) is 0 Å². The van der Waals surface area contributed by atoms with Crippen LogP contribution in [0.15, 0.2) is 18.2 Å². The SMILES string of the molecule is CC(C)CNc1cc(C(N)=O)cc(C(N)=O)c1. The molecule has 92 valence electrons. The highest BCUT2D eigenvalue weighted by atomic mass is 16.1. The molecule has 0 spiro atoms. The summed E-state index contributed by atoms with van der Waals surface area (Å²) >= 11 is 0. The molecule has 5 heteroatoms. The van der Waals surface area contributed by atoms with Gasteiger partial charge in [-0.15, -0.1) is 0 Å². The highest BCUT2D eigenvalue weighted by Crippen LogP contribution is 2.15. The number of amides is 2. The zero-order chi connectivity index (χ0) is 13.0. The summed E-state index contributed by atoms with van der Waals surface area (Å²) in [4.78, 5) is 22.2. The third-order valence-electron chi connectivity index (χ3n) is 2.22. The number of carbonyl (C=O) groups is 2. The van der Waals surface area contributed by atoms with E-state index in [9.17, 15) is 9.59 Å². The number of primary amides is 2. The summed E-state index contributed by atoms with van der Waals surface area (Å²) in [5, 5.41) is 3.12. The van der Waals surface area contributed by atoms with Gasteiger partial charge < -0.3 is 16.8 Å². The van der Waals surface area contributed by atoms with Gasteiger partial charge in [0.2, 0.25) is 11.8 Å². The van der Waals surface area contributed by atoms with E-state index in [-0.39, 0.29) is 11.1 Å². The third-order valence-corrected chi connectivity index (χ3v) is 2.22. The third kappa shape index (κ3) is 3.79. The van der Waals surface area contributed by atoms with Crippen LogP contribution in [0.25, 0.3) is 0 Å². The summed E-state index contributed by atoms with van der Waals surface area (Å²) in [6.07, 6.45) is 0. The van der Waals surface area contributed by atoms with E-state index in [0.717, 1.165) is 6.54 Å². The van der Waals surface area contributed by atoms with E-state index in [1.165, 1.54) is 6.07 Å². The lowest BCUT2D eigenvalue weighted by molar-refractivity contribution is 0.0999. The van der Waals surface area contributed by atoms with Crippen molar-refractivity contribution in [3.63, 3.8) is 0 Å². The van der Waals surface area contributed by atoms with Crippen LogP contribution in [0.5, 0.6) is 0 Å². The van der Waals surface area contributed by atoms with Gasteiger partial charge >= 0.3 is 0 Å². The van der Waals surface area contributed by atoms with Crippen molar-refractivity contribution in [1.82, 2.24) is 0 Å². The average molecular weight is 235 g/mol. The molecule has 5 N–H and O–H groups in total. The number of anilines is 1. The Morgan fingerprint density at radius 3 is 1.94 bits per heavy atom. The lowest BCUT2D eigenvalue weighted by Crippen LogP contribution is -2.17. The second-order valence-electron chi connectivity index (χ2n) is 4.30. The van der Waals surface area contributed by atoms with E-state index < -0.39 is 11.8 Å². The van der Waals surface area contributed by atoms with Crippen LogP contribution >= 0.6 is 0 Å². The van der Waals surface area contributed by atoms with Gasteiger partial charge in [-0.1, -0.05) is 13.8 Å². The molecule has 0 aromatic heterocycles. The van der Waals surface area contributed by atoms with Gasteiger partial charge in [0.1, 0.15) is 0 Å². The first-order valence-electron chi connectivity index (χ1n) is 5.38. The fraction of sp³-hybridized carbons (Fsp3) is 0.333. The predicted molar refractivity (Wildman–Crippen MR) is 66.8 cm³/mol.